The monoisotopic (exact) mass is 329 g/mol. The number of thioether (sulfide) groups is 1. The molecule has 0 bridgehead atoms. The number of hydrogen-bond donors (Lipinski definition) is 2. The van der Waals surface area contributed by atoms with Gasteiger partial charge in [0.1, 0.15) is 0 Å². The van der Waals surface area contributed by atoms with Crippen molar-refractivity contribution in [1.82, 2.24) is 9.62 Å². The Morgan fingerprint density at radius 1 is 1.14 bits per heavy atom. The second-order valence-electron chi connectivity index (χ2n) is 4.47. The lowest BCUT2D eigenvalue weighted by atomic mass is 10.3. The van der Waals surface area contributed by atoms with Crippen molar-refractivity contribution in [2.24, 2.45) is 0 Å². The number of amides is 2. The Morgan fingerprint density at radius 3 is 2.29 bits per heavy atom. The lowest BCUT2D eigenvalue weighted by Gasteiger charge is -2.24. The van der Waals surface area contributed by atoms with Crippen molar-refractivity contribution < 1.29 is 18.0 Å². The number of benzene rings is 1. The van der Waals surface area contributed by atoms with Gasteiger partial charge in [0, 0.05) is 16.3 Å². The Labute approximate surface area is 126 Å². The molecule has 1 aliphatic rings. The van der Waals surface area contributed by atoms with E-state index in [1.165, 1.54) is 11.8 Å². The first kappa shape index (κ1) is 15.8. The fourth-order valence-corrected chi connectivity index (χ4v) is 4.39. The zero-order valence-electron chi connectivity index (χ0n) is 11.1. The van der Waals surface area contributed by atoms with Crippen LogP contribution in [0.25, 0.3) is 0 Å². The number of sulfonamides is 1. The van der Waals surface area contributed by atoms with Crippen LogP contribution in [0, 0.1) is 0 Å². The molecule has 0 radical (unpaired) electrons. The first-order chi connectivity index (χ1) is 9.87. The normalized spacial score (nSPS) is 16.8. The van der Waals surface area contributed by atoms with E-state index in [4.69, 9.17) is 5.73 Å². The molecule has 9 heteroatoms. The molecule has 3 N–H and O–H groups in total. The predicted octanol–water partition coefficient (Wildman–Crippen LogP) is -0.351. The molecule has 0 unspecified atom stereocenters. The van der Waals surface area contributed by atoms with Crippen LogP contribution in [0.4, 0.5) is 5.69 Å². The van der Waals surface area contributed by atoms with E-state index in [0.29, 0.717) is 11.4 Å². The molecule has 114 valence electrons. The fraction of sp³-hybridized carbons (Fsp3) is 0.333. The molecule has 0 aromatic heterocycles. The Balaban J connectivity index is 1.90. The summed E-state index contributed by atoms with van der Waals surface area (Å²) in [5.74, 6) is -0.997. The van der Waals surface area contributed by atoms with Gasteiger partial charge in [-0.15, -0.1) is 11.8 Å². The third-order valence-electron chi connectivity index (χ3n) is 2.80. The van der Waals surface area contributed by atoms with Crippen LogP contribution >= 0.6 is 11.8 Å². The van der Waals surface area contributed by atoms with E-state index in [9.17, 15) is 18.0 Å². The second kappa shape index (κ2) is 6.46. The Kier molecular flexibility index (Phi) is 4.86. The average molecular weight is 329 g/mol. The quantitative estimate of drug-likeness (QED) is 0.434. The molecule has 1 fully saturated rings. The highest BCUT2D eigenvalue weighted by Crippen LogP contribution is 2.20. The minimum Gasteiger partial charge on any atom is -0.399 e. The lowest BCUT2D eigenvalue weighted by Crippen LogP contribution is -2.53. The van der Waals surface area contributed by atoms with Crippen LogP contribution in [0.2, 0.25) is 0 Å². The number of nitrogens with two attached hydrogens (primary N) is 1. The van der Waals surface area contributed by atoms with E-state index in [0.717, 1.165) is 9.20 Å². The molecule has 1 heterocycles. The maximum Gasteiger partial charge on any atom is 0.241 e. The highest BCUT2D eigenvalue weighted by molar-refractivity contribution is 8.00. The van der Waals surface area contributed by atoms with Gasteiger partial charge in [-0.3, -0.25) is 14.9 Å². The molecule has 21 heavy (non-hydrogen) atoms. The number of nitrogens with zero attached hydrogens (tertiary/aromatic N) is 1. The van der Waals surface area contributed by atoms with Crippen LogP contribution in [0.5, 0.6) is 0 Å². The van der Waals surface area contributed by atoms with E-state index in [1.54, 1.807) is 12.1 Å². The summed E-state index contributed by atoms with van der Waals surface area (Å²) in [7, 11) is -3.62. The molecule has 1 aromatic rings. The van der Waals surface area contributed by atoms with Crippen molar-refractivity contribution >= 4 is 39.3 Å². The van der Waals surface area contributed by atoms with Crippen molar-refractivity contribution in [3.05, 3.63) is 24.3 Å². The number of nitrogens with one attached hydrogen (secondary N) is 1. The number of imide groups is 1. The predicted molar refractivity (Wildman–Crippen MR) is 80.1 cm³/mol. The summed E-state index contributed by atoms with van der Waals surface area (Å²) in [5.41, 5.74) is 6.21. The summed E-state index contributed by atoms with van der Waals surface area (Å²) in [6.45, 7) is -0.610. The molecule has 1 aliphatic heterocycles. The molecule has 7 nitrogen and oxygen atoms in total. The first-order valence-electron chi connectivity index (χ1n) is 6.16. The fourth-order valence-electron chi connectivity index (χ4n) is 1.77. The second-order valence-corrected chi connectivity index (χ2v) is 7.73. The van der Waals surface area contributed by atoms with Gasteiger partial charge in [0.05, 0.1) is 18.8 Å². The molecule has 1 saturated heterocycles. The van der Waals surface area contributed by atoms with E-state index in [2.05, 4.69) is 5.32 Å². The van der Waals surface area contributed by atoms with E-state index >= 15 is 0 Å². The summed E-state index contributed by atoms with van der Waals surface area (Å²) in [6.07, 6.45) is 0. The van der Waals surface area contributed by atoms with Crippen molar-refractivity contribution in [1.29, 1.82) is 0 Å². The molecular formula is C12H15N3O4S2. The topological polar surface area (TPSA) is 110 Å². The standard InChI is InChI=1S/C12H15N3O4S2/c13-9-1-3-10(4-2-9)20-5-6-21(18,19)15-7-11(16)14-12(17)8-15/h1-4H,5-8,13H2,(H,14,16,17). The third kappa shape index (κ3) is 4.45. The summed E-state index contributed by atoms with van der Waals surface area (Å²) in [5, 5.41) is 2.07. The maximum atomic E-state index is 12.1. The molecule has 1 aromatic carbocycles. The summed E-state index contributed by atoms with van der Waals surface area (Å²) in [6, 6.07) is 7.10. The van der Waals surface area contributed by atoms with Gasteiger partial charge in [0.25, 0.3) is 0 Å². The van der Waals surface area contributed by atoms with Gasteiger partial charge in [-0.2, -0.15) is 4.31 Å². The number of piperazine rings is 1. The number of anilines is 1. The molecule has 2 rings (SSSR count). The molecule has 0 saturated carbocycles. The van der Waals surface area contributed by atoms with E-state index in [1.807, 2.05) is 12.1 Å². The summed E-state index contributed by atoms with van der Waals surface area (Å²) in [4.78, 5) is 23.3. The number of nitrogen functional groups attached to an aromatic ring is 1. The van der Waals surface area contributed by atoms with Gasteiger partial charge in [0.15, 0.2) is 0 Å². The molecular weight excluding hydrogens is 314 g/mol. The number of carbonyl (C=O) groups excluding carboxylic acids is 2. The summed E-state index contributed by atoms with van der Waals surface area (Å²) >= 11 is 1.37. The third-order valence-corrected chi connectivity index (χ3v) is 5.84. The maximum absolute atomic E-state index is 12.1. The minimum absolute atomic E-state index is 0.136. The van der Waals surface area contributed by atoms with Gasteiger partial charge in [-0.05, 0) is 24.3 Å². The Hall–Kier alpha value is -1.58. The zero-order valence-corrected chi connectivity index (χ0v) is 12.7. The van der Waals surface area contributed by atoms with E-state index < -0.39 is 21.8 Å². The summed E-state index contributed by atoms with van der Waals surface area (Å²) < 4.78 is 25.1. The number of hydrogen-bond acceptors (Lipinski definition) is 6. The average Bonchev–Trinajstić information content (AvgIpc) is 2.40. The van der Waals surface area contributed by atoms with Crippen LogP contribution in [0.3, 0.4) is 0 Å². The van der Waals surface area contributed by atoms with Crippen molar-refractivity contribution in [3.63, 3.8) is 0 Å². The van der Waals surface area contributed by atoms with Gasteiger partial charge >= 0.3 is 0 Å². The molecule has 0 aliphatic carbocycles. The van der Waals surface area contributed by atoms with Crippen LogP contribution in [0.1, 0.15) is 0 Å². The van der Waals surface area contributed by atoms with E-state index in [-0.39, 0.29) is 18.8 Å². The lowest BCUT2D eigenvalue weighted by molar-refractivity contribution is -0.134. The van der Waals surface area contributed by atoms with Gasteiger partial charge < -0.3 is 5.73 Å². The molecule has 0 atom stereocenters. The van der Waals surface area contributed by atoms with Crippen LogP contribution in [-0.4, -0.2) is 49.1 Å². The van der Waals surface area contributed by atoms with Crippen LogP contribution in [0.15, 0.2) is 29.2 Å². The highest BCUT2D eigenvalue weighted by Gasteiger charge is 2.31. The Morgan fingerprint density at radius 2 is 1.71 bits per heavy atom. The first-order valence-corrected chi connectivity index (χ1v) is 8.75. The minimum atomic E-state index is -3.62. The van der Waals surface area contributed by atoms with Crippen molar-refractivity contribution in [2.45, 2.75) is 4.90 Å². The Bertz CT molecular complexity index is 627. The largest absolute Gasteiger partial charge is 0.399 e. The number of carbonyl (C=O) groups is 2. The molecule has 0 spiro atoms. The zero-order chi connectivity index (χ0) is 15.5. The van der Waals surface area contributed by atoms with Gasteiger partial charge in [-0.25, -0.2) is 8.42 Å². The highest BCUT2D eigenvalue weighted by atomic mass is 32.2. The SMILES string of the molecule is Nc1ccc(SCCS(=O)(=O)N2CC(=O)NC(=O)C2)cc1. The van der Waals surface area contributed by atoms with Crippen molar-refractivity contribution in [2.75, 3.05) is 30.3 Å². The number of rotatable bonds is 5. The smallest absolute Gasteiger partial charge is 0.241 e. The molecule has 2 amide bonds. The van der Waals surface area contributed by atoms with Crippen LogP contribution < -0.4 is 11.1 Å². The van der Waals surface area contributed by atoms with Gasteiger partial charge in [-0.1, -0.05) is 0 Å². The van der Waals surface area contributed by atoms with Crippen LogP contribution in [-0.2, 0) is 19.6 Å². The van der Waals surface area contributed by atoms with Gasteiger partial charge in [0.2, 0.25) is 21.8 Å². The van der Waals surface area contributed by atoms with Crippen molar-refractivity contribution in [3.8, 4) is 0 Å².